The molecule has 0 bridgehead atoms. The van der Waals surface area contributed by atoms with Crippen LogP contribution in [0.5, 0.6) is 0 Å². The SMILES string of the molecule is C1=CC(c2c3ccccc3c(-c3cccc4c3oc3cc(-c5c6ccccc6c(-c6ccsc6)c6ccccc56)ccc34)c3ccccc23)=CCC1. The maximum atomic E-state index is 7.03. The first-order valence-corrected chi connectivity index (χ1v) is 19.0. The second-order valence-corrected chi connectivity index (χ2v) is 14.6. The molecule has 0 saturated carbocycles. The molecule has 8 aromatic carbocycles. The zero-order valence-corrected chi connectivity index (χ0v) is 29.2. The minimum atomic E-state index is 0.901. The summed E-state index contributed by atoms with van der Waals surface area (Å²) >= 11 is 1.75. The number of fused-ring (bicyclic) bond motifs is 7. The number of hydrogen-bond acceptors (Lipinski definition) is 2. The number of allylic oxidation sites excluding steroid dienone is 4. The van der Waals surface area contributed by atoms with Crippen LogP contribution in [0.1, 0.15) is 18.4 Å². The lowest BCUT2D eigenvalue weighted by Crippen LogP contribution is -1.94. The zero-order chi connectivity index (χ0) is 34.2. The van der Waals surface area contributed by atoms with Crippen LogP contribution >= 0.6 is 11.3 Å². The number of hydrogen-bond donors (Lipinski definition) is 0. The van der Waals surface area contributed by atoms with Crippen molar-refractivity contribution in [2.24, 2.45) is 0 Å². The van der Waals surface area contributed by atoms with Crippen molar-refractivity contribution in [3.05, 3.63) is 174 Å². The van der Waals surface area contributed by atoms with Gasteiger partial charge in [-0.05, 0) is 118 Å². The van der Waals surface area contributed by atoms with Gasteiger partial charge < -0.3 is 4.42 Å². The van der Waals surface area contributed by atoms with E-state index in [9.17, 15) is 0 Å². The van der Waals surface area contributed by atoms with Gasteiger partial charge in [0, 0.05) is 21.9 Å². The molecule has 10 aromatic rings. The second kappa shape index (κ2) is 11.7. The largest absolute Gasteiger partial charge is 0.455 e. The standard InChI is InChI=1S/C50H32OS/c1-2-13-31(14-3-1)46-39-19-8-10-21-41(39)49(42-22-11-9-20-40(42)46)44-24-12-23-43-34-26-25-32(29-45(34)51-50(43)44)47-35-15-4-6-17-37(35)48(33-27-28-52-30-33)38-18-7-5-16-36(38)47/h2,4-30H,1,3H2. The number of furan rings is 1. The fraction of sp³-hybridized carbons (Fsp3) is 0.0400. The van der Waals surface area contributed by atoms with Crippen LogP contribution in [0.25, 0.3) is 104 Å². The Hall–Kier alpha value is -6.22. The van der Waals surface area contributed by atoms with Gasteiger partial charge in [0.05, 0.1) is 0 Å². The van der Waals surface area contributed by atoms with Crippen LogP contribution in [-0.4, -0.2) is 0 Å². The van der Waals surface area contributed by atoms with Gasteiger partial charge in [-0.25, -0.2) is 0 Å². The topological polar surface area (TPSA) is 13.1 Å². The van der Waals surface area contributed by atoms with Gasteiger partial charge in [-0.15, -0.1) is 0 Å². The number of para-hydroxylation sites is 1. The first-order chi connectivity index (χ1) is 25.8. The number of rotatable bonds is 4. The molecule has 1 nitrogen and oxygen atoms in total. The van der Waals surface area contributed by atoms with E-state index in [1.54, 1.807) is 11.3 Å². The third kappa shape index (κ3) is 4.35. The molecule has 0 spiro atoms. The molecule has 0 radical (unpaired) electrons. The van der Waals surface area contributed by atoms with Gasteiger partial charge in [0.25, 0.3) is 0 Å². The molecule has 0 N–H and O–H groups in total. The average molecular weight is 681 g/mol. The highest BCUT2D eigenvalue weighted by molar-refractivity contribution is 7.08. The molecule has 11 rings (SSSR count). The first kappa shape index (κ1) is 29.5. The van der Waals surface area contributed by atoms with E-state index in [-0.39, 0.29) is 0 Å². The van der Waals surface area contributed by atoms with Gasteiger partial charge in [-0.3, -0.25) is 0 Å². The van der Waals surface area contributed by atoms with Crippen LogP contribution in [0.3, 0.4) is 0 Å². The molecule has 0 unspecified atom stereocenters. The minimum absolute atomic E-state index is 0.901. The summed E-state index contributed by atoms with van der Waals surface area (Å²) in [6.07, 6.45) is 9.17. The molecule has 2 aromatic heterocycles. The predicted octanol–water partition coefficient (Wildman–Crippen LogP) is 15.0. The van der Waals surface area contributed by atoms with E-state index < -0.39 is 0 Å². The fourth-order valence-corrected chi connectivity index (χ4v) is 9.48. The maximum Gasteiger partial charge on any atom is 0.143 e. The van der Waals surface area contributed by atoms with Crippen molar-refractivity contribution in [2.75, 3.05) is 0 Å². The Labute approximate surface area is 305 Å². The maximum absolute atomic E-state index is 7.03. The Kier molecular flexibility index (Phi) is 6.62. The lowest BCUT2D eigenvalue weighted by Gasteiger charge is -2.19. The van der Waals surface area contributed by atoms with Crippen LogP contribution in [0.4, 0.5) is 0 Å². The summed E-state index contributed by atoms with van der Waals surface area (Å²) in [7, 11) is 0. The Morgan fingerprint density at radius 2 is 1.00 bits per heavy atom. The molecule has 0 atom stereocenters. The summed E-state index contributed by atoms with van der Waals surface area (Å²) < 4.78 is 7.03. The van der Waals surface area contributed by atoms with Gasteiger partial charge in [-0.2, -0.15) is 11.3 Å². The lowest BCUT2D eigenvalue weighted by molar-refractivity contribution is 0.670. The Bertz CT molecular complexity index is 3000. The second-order valence-electron chi connectivity index (χ2n) is 13.8. The summed E-state index contributed by atoms with van der Waals surface area (Å²) in [5.74, 6) is 0. The van der Waals surface area contributed by atoms with E-state index in [1.807, 2.05) is 0 Å². The summed E-state index contributed by atoms with van der Waals surface area (Å²) in [5.41, 5.74) is 11.8. The zero-order valence-electron chi connectivity index (χ0n) is 28.4. The molecular weight excluding hydrogens is 649 g/mol. The van der Waals surface area contributed by atoms with Crippen LogP contribution in [-0.2, 0) is 0 Å². The van der Waals surface area contributed by atoms with E-state index in [0.717, 1.165) is 45.9 Å². The average Bonchev–Trinajstić information content (AvgIpc) is 3.88. The van der Waals surface area contributed by atoms with Crippen molar-refractivity contribution >= 4 is 81.9 Å². The first-order valence-electron chi connectivity index (χ1n) is 18.1. The van der Waals surface area contributed by atoms with Crippen LogP contribution in [0.15, 0.2) is 173 Å². The Morgan fingerprint density at radius 3 is 1.56 bits per heavy atom. The van der Waals surface area contributed by atoms with Gasteiger partial charge in [-0.1, -0.05) is 140 Å². The summed E-state index contributed by atoms with van der Waals surface area (Å²) in [6, 6.07) is 51.2. The van der Waals surface area contributed by atoms with Crippen molar-refractivity contribution < 1.29 is 4.42 Å². The minimum Gasteiger partial charge on any atom is -0.455 e. The molecule has 0 aliphatic heterocycles. The molecule has 1 aliphatic carbocycles. The summed E-state index contributed by atoms with van der Waals surface area (Å²) in [4.78, 5) is 0. The quantitative estimate of drug-likeness (QED) is 0.169. The van der Waals surface area contributed by atoms with E-state index in [2.05, 4.69) is 169 Å². The monoisotopic (exact) mass is 680 g/mol. The molecule has 1 aliphatic rings. The van der Waals surface area contributed by atoms with Crippen LogP contribution < -0.4 is 0 Å². The van der Waals surface area contributed by atoms with Crippen molar-refractivity contribution in [2.45, 2.75) is 12.8 Å². The molecule has 2 heteroatoms. The predicted molar refractivity (Wildman–Crippen MR) is 224 cm³/mol. The summed E-state index contributed by atoms with van der Waals surface area (Å²) in [5, 5.41) is 16.8. The summed E-state index contributed by atoms with van der Waals surface area (Å²) in [6.45, 7) is 0. The molecule has 0 fully saturated rings. The van der Waals surface area contributed by atoms with Gasteiger partial charge in [0.2, 0.25) is 0 Å². The van der Waals surface area contributed by atoms with Crippen molar-refractivity contribution in [3.63, 3.8) is 0 Å². The lowest BCUT2D eigenvalue weighted by atomic mass is 9.84. The molecule has 2 heterocycles. The molecule has 0 saturated heterocycles. The van der Waals surface area contributed by atoms with Crippen molar-refractivity contribution in [1.82, 2.24) is 0 Å². The van der Waals surface area contributed by atoms with E-state index in [4.69, 9.17) is 4.42 Å². The Balaban J connectivity index is 1.17. The van der Waals surface area contributed by atoms with E-state index >= 15 is 0 Å². The van der Waals surface area contributed by atoms with Gasteiger partial charge in [0.15, 0.2) is 0 Å². The third-order valence-electron chi connectivity index (χ3n) is 11.0. The normalized spacial score (nSPS) is 13.3. The van der Waals surface area contributed by atoms with Crippen LogP contribution in [0, 0.1) is 0 Å². The Morgan fingerprint density at radius 1 is 0.442 bits per heavy atom. The van der Waals surface area contributed by atoms with Gasteiger partial charge in [0.1, 0.15) is 11.2 Å². The van der Waals surface area contributed by atoms with Crippen molar-refractivity contribution in [3.8, 4) is 33.4 Å². The molecular formula is C50H32OS. The van der Waals surface area contributed by atoms with E-state index in [1.165, 1.54) is 76.5 Å². The van der Waals surface area contributed by atoms with Crippen molar-refractivity contribution in [1.29, 1.82) is 0 Å². The smallest absolute Gasteiger partial charge is 0.143 e. The highest BCUT2D eigenvalue weighted by atomic mass is 32.1. The number of thiophene rings is 1. The molecule has 0 amide bonds. The highest BCUT2D eigenvalue weighted by Gasteiger charge is 2.22. The van der Waals surface area contributed by atoms with Crippen LogP contribution in [0.2, 0.25) is 0 Å². The van der Waals surface area contributed by atoms with Gasteiger partial charge >= 0.3 is 0 Å². The highest BCUT2D eigenvalue weighted by Crippen LogP contribution is 2.48. The third-order valence-corrected chi connectivity index (χ3v) is 11.7. The molecule has 52 heavy (non-hydrogen) atoms. The fourth-order valence-electron chi connectivity index (χ4n) is 8.84. The molecule has 244 valence electrons. The van der Waals surface area contributed by atoms with E-state index in [0.29, 0.717) is 0 Å². The number of benzene rings is 8.